The molecule has 0 aliphatic heterocycles. The number of amides is 1. The lowest BCUT2D eigenvalue weighted by Crippen LogP contribution is -2.34. The number of benzene rings is 1. The SMILES string of the molecule is N#CCCN(C(=O)CCOc1cccc(N)c1)C1CC1. The van der Waals surface area contributed by atoms with Gasteiger partial charge in [0.2, 0.25) is 5.91 Å². The zero-order valence-corrected chi connectivity index (χ0v) is 11.4. The maximum absolute atomic E-state index is 12.1. The van der Waals surface area contributed by atoms with Gasteiger partial charge in [-0.25, -0.2) is 0 Å². The topological polar surface area (TPSA) is 79.3 Å². The molecule has 0 radical (unpaired) electrons. The third kappa shape index (κ3) is 4.16. The van der Waals surface area contributed by atoms with E-state index in [1.807, 2.05) is 17.0 Å². The Kier molecular flexibility index (Phi) is 4.83. The summed E-state index contributed by atoms with van der Waals surface area (Å²) >= 11 is 0. The van der Waals surface area contributed by atoms with Crippen molar-refractivity contribution in [3.05, 3.63) is 24.3 Å². The van der Waals surface area contributed by atoms with Gasteiger partial charge < -0.3 is 15.4 Å². The lowest BCUT2D eigenvalue weighted by Gasteiger charge is -2.21. The molecule has 0 aromatic heterocycles. The molecule has 1 aliphatic rings. The van der Waals surface area contributed by atoms with E-state index < -0.39 is 0 Å². The molecule has 2 N–H and O–H groups in total. The van der Waals surface area contributed by atoms with Crippen LogP contribution in [0.5, 0.6) is 5.75 Å². The molecule has 1 saturated carbocycles. The van der Waals surface area contributed by atoms with Gasteiger partial charge in [0.05, 0.1) is 25.5 Å². The molecule has 20 heavy (non-hydrogen) atoms. The van der Waals surface area contributed by atoms with Gasteiger partial charge in [-0.2, -0.15) is 5.26 Å². The maximum Gasteiger partial charge on any atom is 0.226 e. The number of nitrogens with two attached hydrogens (primary N) is 1. The van der Waals surface area contributed by atoms with E-state index in [1.165, 1.54) is 0 Å². The standard InChI is InChI=1S/C15H19N3O2/c16-8-2-9-18(13-5-6-13)15(19)7-10-20-14-4-1-3-12(17)11-14/h1,3-4,11,13H,2,5-7,9-10,17H2. The van der Waals surface area contributed by atoms with Crippen molar-refractivity contribution < 1.29 is 9.53 Å². The average molecular weight is 273 g/mol. The number of anilines is 1. The number of carbonyl (C=O) groups is 1. The van der Waals surface area contributed by atoms with E-state index in [2.05, 4.69) is 6.07 Å². The van der Waals surface area contributed by atoms with Crippen LogP contribution in [0.25, 0.3) is 0 Å². The lowest BCUT2D eigenvalue weighted by atomic mass is 10.3. The molecule has 2 rings (SSSR count). The van der Waals surface area contributed by atoms with Crippen LogP contribution in [0, 0.1) is 11.3 Å². The summed E-state index contributed by atoms with van der Waals surface area (Å²) in [6.45, 7) is 0.857. The van der Waals surface area contributed by atoms with Gasteiger partial charge in [-0.15, -0.1) is 0 Å². The first-order valence-corrected chi connectivity index (χ1v) is 6.85. The zero-order chi connectivity index (χ0) is 14.4. The molecule has 5 nitrogen and oxygen atoms in total. The first-order chi connectivity index (χ1) is 9.70. The van der Waals surface area contributed by atoms with E-state index in [0.29, 0.717) is 43.5 Å². The number of nitriles is 1. The second-order valence-corrected chi connectivity index (χ2v) is 4.90. The number of hydrogen-bond acceptors (Lipinski definition) is 4. The number of hydrogen-bond donors (Lipinski definition) is 1. The molecule has 0 atom stereocenters. The lowest BCUT2D eigenvalue weighted by molar-refractivity contribution is -0.132. The van der Waals surface area contributed by atoms with Crippen LogP contribution in [0.1, 0.15) is 25.7 Å². The largest absolute Gasteiger partial charge is 0.493 e. The number of carbonyl (C=O) groups excluding carboxylic acids is 1. The van der Waals surface area contributed by atoms with Crippen LogP contribution in [-0.2, 0) is 4.79 Å². The van der Waals surface area contributed by atoms with E-state index in [0.717, 1.165) is 12.8 Å². The Morgan fingerprint density at radius 2 is 2.30 bits per heavy atom. The highest BCUT2D eigenvalue weighted by Gasteiger charge is 2.31. The molecule has 0 heterocycles. The molecule has 5 heteroatoms. The highest BCUT2D eigenvalue weighted by Crippen LogP contribution is 2.27. The summed E-state index contributed by atoms with van der Waals surface area (Å²) in [7, 11) is 0. The fourth-order valence-corrected chi connectivity index (χ4v) is 2.07. The van der Waals surface area contributed by atoms with Gasteiger partial charge in [0.25, 0.3) is 0 Å². The predicted molar refractivity (Wildman–Crippen MR) is 75.9 cm³/mol. The summed E-state index contributed by atoms with van der Waals surface area (Å²) < 4.78 is 5.52. The number of nitrogen functional groups attached to an aromatic ring is 1. The molecule has 0 unspecified atom stereocenters. The zero-order valence-electron chi connectivity index (χ0n) is 11.4. The summed E-state index contributed by atoms with van der Waals surface area (Å²) in [4.78, 5) is 13.9. The summed E-state index contributed by atoms with van der Waals surface area (Å²) in [5.74, 6) is 0.736. The first kappa shape index (κ1) is 14.2. The van der Waals surface area contributed by atoms with Crippen LogP contribution >= 0.6 is 0 Å². The molecule has 0 spiro atoms. The number of nitrogens with zero attached hydrogens (tertiary/aromatic N) is 2. The summed E-state index contributed by atoms with van der Waals surface area (Å²) in [6, 6.07) is 9.57. The molecule has 1 fully saturated rings. The Hall–Kier alpha value is -2.22. The van der Waals surface area contributed by atoms with Gasteiger partial charge >= 0.3 is 0 Å². The van der Waals surface area contributed by atoms with Crippen molar-refractivity contribution in [1.82, 2.24) is 4.90 Å². The summed E-state index contributed by atoms with van der Waals surface area (Å²) in [5.41, 5.74) is 6.30. The van der Waals surface area contributed by atoms with Gasteiger partial charge in [0.15, 0.2) is 0 Å². The third-order valence-corrected chi connectivity index (χ3v) is 3.22. The van der Waals surface area contributed by atoms with Gasteiger partial charge in [-0.05, 0) is 25.0 Å². The second kappa shape index (κ2) is 6.80. The van der Waals surface area contributed by atoms with Gasteiger partial charge in [-0.1, -0.05) is 6.07 Å². The maximum atomic E-state index is 12.1. The highest BCUT2D eigenvalue weighted by atomic mass is 16.5. The van der Waals surface area contributed by atoms with E-state index in [4.69, 9.17) is 15.7 Å². The van der Waals surface area contributed by atoms with Crippen molar-refractivity contribution in [3.63, 3.8) is 0 Å². The molecule has 1 aromatic carbocycles. The van der Waals surface area contributed by atoms with Gasteiger partial charge in [0, 0.05) is 24.3 Å². The molecule has 0 bridgehead atoms. The second-order valence-electron chi connectivity index (χ2n) is 4.90. The predicted octanol–water partition coefficient (Wildman–Crippen LogP) is 1.94. The van der Waals surface area contributed by atoms with Crippen LogP contribution in [0.2, 0.25) is 0 Å². The van der Waals surface area contributed by atoms with Crippen molar-refractivity contribution in [1.29, 1.82) is 5.26 Å². The highest BCUT2D eigenvalue weighted by molar-refractivity contribution is 5.77. The normalized spacial score (nSPS) is 13.6. The Labute approximate surface area is 118 Å². The average Bonchev–Trinajstić information content (AvgIpc) is 3.24. The fraction of sp³-hybridized carbons (Fsp3) is 0.467. The number of ether oxygens (including phenoxy) is 1. The molecule has 106 valence electrons. The first-order valence-electron chi connectivity index (χ1n) is 6.85. The molecule has 1 aliphatic carbocycles. The van der Waals surface area contributed by atoms with Crippen molar-refractivity contribution in [2.75, 3.05) is 18.9 Å². The quantitative estimate of drug-likeness (QED) is 0.770. The van der Waals surface area contributed by atoms with Crippen molar-refractivity contribution in [2.45, 2.75) is 31.7 Å². The van der Waals surface area contributed by atoms with E-state index >= 15 is 0 Å². The fourth-order valence-electron chi connectivity index (χ4n) is 2.07. The minimum atomic E-state index is 0.0617. The Morgan fingerprint density at radius 3 is 2.95 bits per heavy atom. The van der Waals surface area contributed by atoms with Crippen molar-refractivity contribution in [3.8, 4) is 11.8 Å². The van der Waals surface area contributed by atoms with Gasteiger partial charge in [-0.3, -0.25) is 4.79 Å². The summed E-state index contributed by atoms with van der Waals surface area (Å²) in [6.07, 6.45) is 2.82. The van der Waals surface area contributed by atoms with Gasteiger partial charge in [0.1, 0.15) is 5.75 Å². The Bertz CT molecular complexity index is 506. The molecular weight excluding hydrogens is 254 g/mol. The number of rotatable bonds is 7. The smallest absolute Gasteiger partial charge is 0.226 e. The van der Waals surface area contributed by atoms with Crippen LogP contribution in [-0.4, -0.2) is 30.0 Å². The van der Waals surface area contributed by atoms with E-state index in [1.54, 1.807) is 12.1 Å². The van der Waals surface area contributed by atoms with Crippen LogP contribution < -0.4 is 10.5 Å². The summed E-state index contributed by atoms with van der Waals surface area (Å²) in [5, 5.41) is 8.63. The van der Waals surface area contributed by atoms with Crippen molar-refractivity contribution >= 4 is 11.6 Å². The molecular formula is C15H19N3O2. The van der Waals surface area contributed by atoms with Crippen LogP contribution in [0.4, 0.5) is 5.69 Å². The molecule has 1 amide bonds. The van der Waals surface area contributed by atoms with E-state index in [-0.39, 0.29) is 5.91 Å². The minimum Gasteiger partial charge on any atom is -0.493 e. The van der Waals surface area contributed by atoms with Crippen LogP contribution in [0.3, 0.4) is 0 Å². The molecule has 1 aromatic rings. The van der Waals surface area contributed by atoms with Crippen LogP contribution in [0.15, 0.2) is 24.3 Å². The third-order valence-electron chi connectivity index (χ3n) is 3.22. The Balaban J connectivity index is 1.77. The Morgan fingerprint density at radius 1 is 1.50 bits per heavy atom. The minimum absolute atomic E-state index is 0.0617. The molecule has 0 saturated heterocycles. The van der Waals surface area contributed by atoms with E-state index in [9.17, 15) is 4.79 Å². The van der Waals surface area contributed by atoms with Crippen molar-refractivity contribution in [2.24, 2.45) is 0 Å². The monoisotopic (exact) mass is 273 g/mol.